The minimum atomic E-state index is 0.168. The van der Waals surface area contributed by atoms with Gasteiger partial charge in [0.2, 0.25) is 0 Å². The van der Waals surface area contributed by atoms with E-state index in [0.29, 0.717) is 0 Å². The number of benzene rings is 9. The van der Waals surface area contributed by atoms with E-state index in [-0.39, 0.29) is 12.0 Å². The highest BCUT2D eigenvalue weighted by atomic mass is 15.2. The lowest BCUT2D eigenvalue weighted by Crippen LogP contribution is -2.28. The van der Waals surface area contributed by atoms with Crippen LogP contribution in [0.4, 0.5) is 11.4 Å². The summed E-state index contributed by atoms with van der Waals surface area (Å²) in [6, 6.07) is 75.8. The molecule has 2 unspecified atom stereocenters. The summed E-state index contributed by atoms with van der Waals surface area (Å²) in [5, 5.41) is 8.45. The van der Waals surface area contributed by atoms with Gasteiger partial charge in [-0.25, -0.2) is 4.98 Å². The largest absolute Gasteiger partial charge is 0.333 e. The number of nitrogens with zero attached hydrogens (tertiary/aromatic N) is 4. The number of aromatic nitrogens is 3. The highest BCUT2D eigenvalue weighted by Gasteiger charge is 2.37. The van der Waals surface area contributed by atoms with Crippen molar-refractivity contribution in [3.63, 3.8) is 0 Å². The van der Waals surface area contributed by atoms with Gasteiger partial charge in [0.05, 0.1) is 39.3 Å². The van der Waals surface area contributed by atoms with Crippen molar-refractivity contribution in [3.8, 4) is 33.8 Å². The first-order valence-electron chi connectivity index (χ1n) is 22.5. The van der Waals surface area contributed by atoms with Crippen LogP contribution in [0, 0.1) is 0 Å². The van der Waals surface area contributed by atoms with Gasteiger partial charge in [-0.2, -0.15) is 0 Å². The SMILES string of the molecule is C1=CC2c3ccccc3N(c3cc(-c4cccc(-n5c6ccccc6c6ccc7c(-c8ccccc8)nc8ccccc8c7c65)c4)cc(-n4c5ccccc5c5ccccc54)c3)C2C=C1. The van der Waals surface area contributed by atoms with Crippen LogP contribution in [-0.4, -0.2) is 20.2 Å². The molecule has 4 nitrogen and oxygen atoms in total. The summed E-state index contributed by atoms with van der Waals surface area (Å²) in [6.07, 6.45) is 9.14. The van der Waals surface area contributed by atoms with Crippen molar-refractivity contribution >= 4 is 76.7 Å². The molecule has 0 spiro atoms. The minimum absolute atomic E-state index is 0.168. The second-order valence-electron chi connectivity index (χ2n) is 17.5. The van der Waals surface area contributed by atoms with Crippen LogP contribution in [0.15, 0.2) is 231 Å². The maximum absolute atomic E-state index is 5.31. The van der Waals surface area contributed by atoms with E-state index in [1.54, 1.807) is 0 Å². The Balaban J connectivity index is 1.04. The summed E-state index contributed by atoms with van der Waals surface area (Å²) >= 11 is 0. The molecule has 2 aliphatic rings. The first-order chi connectivity index (χ1) is 32.3. The van der Waals surface area contributed by atoms with Crippen molar-refractivity contribution in [1.82, 2.24) is 14.1 Å². The van der Waals surface area contributed by atoms with Gasteiger partial charge < -0.3 is 14.0 Å². The number of anilines is 2. The molecular weight excluding hydrogens is 789 g/mol. The van der Waals surface area contributed by atoms with E-state index >= 15 is 0 Å². The fraction of sp³-hybridized carbons (Fsp3) is 0.0328. The average molecular weight is 829 g/mol. The zero-order chi connectivity index (χ0) is 42.6. The summed E-state index contributed by atoms with van der Waals surface area (Å²) < 4.78 is 4.95. The molecule has 0 radical (unpaired) electrons. The molecule has 0 bridgehead atoms. The quantitative estimate of drug-likeness (QED) is 0.162. The molecule has 3 aromatic heterocycles. The Labute approximate surface area is 375 Å². The van der Waals surface area contributed by atoms with Gasteiger partial charge in [0, 0.05) is 71.9 Å². The molecule has 65 heavy (non-hydrogen) atoms. The molecule has 12 aromatic rings. The molecule has 0 N–H and O–H groups in total. The normalized spacial score (nSPS) is 15.5. The number of pyridine rings is 1. The van der Waals surface area contributed by atoms with Crippen LogP contribution in [0.3, 0.4) is 0 Å². The van der Waals surface area contributed by atoms with Gasteiger partial charge in [0.15, 0.2) is 0 Å². The molecule has 9 aromatic carbocycles. The van der Waals surface area contributed by atoms with Gasteiger partial charge >= 0.3 is 0 Å². The number of hydrogen-bond donors (Lipinski definition) is 0. The smallest absolute Gasteiger partial charge is 0.0788 e. The highest BCUT2D eigenvalue weighted by molar-refractivity contribution is 6.27. The fourth-order valence-electron chi connectivity index (χ4n) is 11.2. The van der Waals surface area contributed by atoms with E-state index in [9.17, 15) is 0 Å². The molecule has 2 atom stereocenters. The second-order valence-corrected chi connectivity index (χ2v) is 17.5. The molecule has 304 valence electrons. The molecule has 0 saturated heterocycles. The van der Waals surface area contributed by atoms with Gasteiger partial charge in [0.1, 0.15) is 0 Å². The van der Waals surface area contributed by atoms with Crippen molar-refractivity contribution in [2.24, 2.45) is 0 Å². The summed E-state index contributed by atoms with van der Waals surface area (Å²) in [5.74, 6) is 0.277. The van der Waals surface area contributed by atoms with Crippen LogP contribution >= 0.6 is 0 Å². The van der Waals surface area contributed by atoms with Crippen molar-refractivity contribution in [3.05, 3.63) is 236 Å². The predicted octanol–water partition coefficient (Wildman–Crippen LogP) is 15.6. The second kappa shape index (κ2) is 14.0. The van der Waals surface area contributed by atoms with E-state index in [4.69, 9.17) is 4.98 Å². The van der Waals surface area contributed by atoms with Crippen LogP contribution in [0.5, 0.6) is 0 Å². The Morgan fingerprint density at radius 2 is 0.985 bits per heavy atom. The highest BCUT2D eigenvalue weighted by Crippen LogP contribution is 2.49. The van der Waals surface area contributed by atoms with Gasteiger partial charge in [-0.15, -0.1) is 0 Å². The van der Waals surface area contributed by atoms with E-state index < -0.39 is 0 Å². The predicted molar refractivity (Wildman–Crippen MR) is 272 cm³/mol. The summed E-state index contributed by atoms with van der Waals surface area (Å²) in [5.41, 5.74) is 16.2. The molecule has 1 aliphatic heterocycles. The lowest BCUT2D eigenvalue weighted by Gasteiger charge is -2.30. The lowest BCUT2D eigenvalue weighted by atomic mass is 9.91. The molecule has 14 rings (SSSR count). The van der Waals surface area contributed by atoms with Gasteiger partial charge in [-0.3, -0.25) is 0 Å². The number of hydrogen-bond acceptors (Lipinski definition) is 2. The monoisotopic (exact) mass is 828 g/mol. The maximum Gasteiger partial charge on any atom is 0.0788 e. The number of para-hydroxylation sites is 5. The van der Waals surface area contributed by atoms with Crippen molar-refractivity contribution in [2.75, 3.05) is 4.90 Å². The number of rotatable bonds is 5. The number of allylic oxidation sites excluding steroid dienone is 2. The van der Waals surface area contributed by atoms with Gasteiger partial charge in [-0.1, -0.05) is 170 Å². The zero-order valence-electron chi connectivity index (χ0n) is 35.4. The Morgan fingerprint density at radius 1 is 0.385 bits per heavy atom. The summed E-state index contributed by atoms with van der Waals surface area (Å²) in [6.45, 7) is 0. The molecule has 1 aliphatic carbocycles. The Hall–Kier alpha value is -8.47. The standard InChI is InChI=1S/C61H40N4/c1-2-17-39(18-3-1)60-52-34-33-50-49-25-9-15-32-58(49)65(61(50)59(52)51-26-4-10-27-53(51)62-60)42-20-16-19-40(35-42)41-36-43(63-54-28-11-5-21-45(54)46-22-6-12-29-55(46)63)38-44(37-41)64-56-30-13-7-23-47(56)48-24-8-14-31-57(48)64/h1-38,45,54H. The molecule has 0 saturated carbocycles. The molecule has 4 heterocycles. The van der Waals surface area contributed by atoms with E-state index in [1.807, 2.05) is 0 Å². The maximum atomic E-state index is 5.31. The van der Waals surface area contributed by atoms with E-state index in [0.717, 1.165) is 50.0 Å². The third kappa shape index (κ3) is 5.35. The minimum Gasteiger partial charge on any atom is -0.333 e. The zero-order valence-corrected chi connectivity index (χ0v) is 35.4. The summed E-state index contributed by atoms with van der Waals surface area (Å²) in [4.78, 5) is 7.88. The fourth-order valence-corrected chi connectivity index (χ4v) is 11.2. The first kappa shape index (κ1) is 36.1. The molecule has 0 fully saturated rings. The van der Waals surface area contributed by atoms with Crippen molar-refractivity contribution in [2.45, 2.75) is 12.0 Å². The Bertz CT molecular complexity index is 3930. The van der Waals surface area contributed by atoms with Gasteiger partial charge in [0.25, 0.3) is 0 Å². The van der Waals surface area contributed by atoms with E-state index in [1.165, 1.54) is 65.9 Å². The topological polar surface area (TPSA) is 26.0 Å². The molecule has 0 amide bonds. The third-order valence-electron chi connectivity index (χ3n) is 14.0. The lowest BCUT2D eigenvalue weighted by molar-refractivity contribution is 0.744. The van der Waals surface area contributed by atoms with Crippen LogP contribution in [0.1, 0.15) is 11.5 Å². The van der Waals surface area contributed by atoms with Crippen LogP contribution in [-0.2, 0) is 0 Å². The van der Waals surface area contributed by atoms with Crippen LogP contribution in [0.25, 0.3) is 99.0 Å². The first-order valence-corrected chi connectivity index (χ1v) is 22.5. The van der Waals surface area contributed by atoms with Crippen LogP contribution < -0.4 is 4.90 Å². The average Bonchev–Trinajstić information content (AvgIpc) is 4.02. The summed E-state index contributed by atoms with van der Waals surface area (Å²) in [7, 11) is 0. The van der Waals surface area contributed by atoms with Gasteiger partial charge in [-0.05, 0) is 77.4 Å². The van der Waals surface area contributed by atoms with E-state index in [2.05, 4.69) is 245 Å². The Morgan fingerprint density at radius 3 is 1.78 bits per heavy atom. The Kier molecular flexibility index (Phi) is 7.78. The molecule has 4 heteroatoms. The number of fused-ring (bicyclic) bond motifs is 13. The van der Waals surface area contributed by atoms with Crippen molar-refractivity contribution < 1.29 is 0 Å². The molecular formula is C61H40N4. The van der Waals surface area contributed by atoms with Crippen molar-refractivity contribution in [1.29, 1.82) is 0 Å². The third-order valence-corrected chi connectivity index (χ3v) is 14.0. The van der Waals surface area contributed by atoms with Crippen LogP contribution in [0.2, 0.25) is 0 Å².